The molecule has 0 N–H and O–H groups in total. The van der Waals surface area contributed by atoms with Crippen molar-refractivity contribution in [1.82, 2.24) is 4.47 Å². The van der Waals surface area contributed by atoms with Gasteiger partial charge in [0, 0.05) is 5.25 Å². The number of rotatable bonds is 1. The van der Waals surface area contributed by atoms with Crippen molar-refractivity contribution in [2.75, 3.05) is 19.4 Å². The van der Waals surface area contributed by atoms with Crippen molar-refractivity contribution in [2.24, 2.45) is 0 Å². The summed E-state index contributed by atoms with van der Waals surface area (Å²) in [6, 6.07) is 0. The van der Waals surface area contributed by atoms with E-state index in [2.05, 4.69) is 12.6 Å². The molecule has 1 unspecified atom stereocenters. The number of hydroxylamine groups is 1. The SMILES string of the molecule is CS(=O)(=O)N1CC(S)CO1. The fraction of sp³-hybridized carbons (Fsp3) is 1.00. The van der Waals surface area contributed by atoms with Crippen LogP contribution < -0.4 is 0 Å². The highest BCUT2D eigenvalue weighted by atomic mass is 32.2. The minimum atomic E-state index is -3.17. The van der Waals surface area contributed by atoms with Crippen LogP contribution >= 0.6 is 12.6 Å². The van der Waals surface area contributed by atoms with Crippen molar-refractivity contribution < 1.29 is 13.3 Å². The van der Waals surface area contributed by atoms with Gasteiger partial charge in [-0.2, -0.15) is 12.6 Å². The fourth-order valence-corrected chi connectivity index (χ4v) is 1.71. The van der Waals surface area contributed by atoms with Crippen LogP contribution in [0.4, 0.5) is 0 Å². The van der Waals surface area contributed by atoms with Crippen LogP contribution in [0, 0.1) is 0 Å². The first-order chi connectivity index (χ1) is 4.50. The van der Waals surface area contributed by atoms with Gasteiger partial charge in [-0.3, -0.25) is 4.84 Å². The van der Waals surface area contributed by atoms with Gasteiger partial charge < -0.3 is 0 Å². The second-order valence-corrected chi connectivity index (χ2v) is 4.80. The Hall–Kier alpha value is 0.220. The molecule has 10 heavy (non-hydrogen) atoms. The maximum atomic E-state index is 10.7. The highest BCUT2D eigenvalue weighted by Crippen LogP contribution is 2.13. The summed E-state index contributed by atoms with van der Waals surface area (Å²) >= 11 is 4.05. The molecule has 0 aliphatic carbocycles. The van der Waals surface area contributed by atoms with Crippen molar-refractivity contribution in [3.8, 4) is 0 Å². The zero-order valence-electron chi connectivity index (χ0n) is 5.52. The maximum Gasteiger partial charge on any atom is 0.233 e. The normalized spacial score (nSPS) is 29.2. The van der Waals surface area contributed by atoms with E-state index in [1.165, 1.54) is 0 Å². The third-order valence-corrected chi connectivity index (χ3v) is 2.45. The minimum Gasteiger partial charge on any atom is -0.283 e. The summed E-state index contributed by atoms with van der Waals surface area (Å²) in [5, 5.41) is 0.00900. The van der Waals surface area contributed by atoms with Gasteiger partial charge in [0.2, 0.25) is 10.0 Å². The predicted octanol–water partition coefficient (Wildman–Crippen LogP) is -0.508. The number of thiol groups is 1. The molecule has 1 heterocycles. The van der Waals surface area contributed by atoms with Gasteiger partial charge in [0.05, 0.1) is 19.4 Å². The molecule has 1 aliphatic heterocycles. The molecule has 1 rings (SSSR count). The van der Waals surface area contributed by atoms with Crippen LogP contribution in [0.25, 0.3) is 0 Å². The second kappa shape index (κ2) is 2.69. The van der Waals surface area contributed by atoms with Gasteiger partial charge in [-0.05, 0) is 0 Å². The van der Waals surface area contributed by atoms with Crippen molar-refractivity contribution >= 4 is 22.7 Å². The summed E-state index contributed by atoms with van der Waals surface area (Å²) in [6.45, 7) is 0.720. The molecule has 60 valence electrons. The van der Waals surface area contributed by atoms with Crippen LogP contribution in [0.1, 0.15) is 0 Å². The quantitative estimate of drug-likeness (QED) is 0.557. The average Bonchev–Trinajstić information content (AvgIpc) is 2.11. The first-order valence-corrected chi connectivity index (χ1v) is 5.15. The van der Waals surface area contributed by atoms with E-state index in [0.29, 0.717) is 13.2 Å². The van der Waals surface area contributed by atoms with Crippen LogP contribution in [0.5, 0.6) is 0 Å². The first kappa shape index (κ1) is 8.32. The number of hydrogen-bond donors (Lipinski definition) is 1. The Morgan fingerprint density at radius 1 is 1.70 bits per heavy atom. The standard InChI is InChI=1S/C4H9NO3S2/c1-10(6,7)5-2-4(9)3-8-5/h4,9H,2-3H2,1H3. The molecule has 1 saturated heterocycles. The summed E-state index contributed by atoms with van der Waals surface area (Å²) in [4.78, 5) is 4.80. The van der Waals surface area contributed by atoms with E-state index in [4.69, 9.17) is 4.84 Å². The van der Waals surface area contributed by atoms with E-state index in [-0.39, 0.29) is 5.25 Å². The van der Waals surface area contributed by atoms with E-state index in [1.54, 1.807) is 0 Å². The Bertz CT molecular complexity index is 213. The molecule has 1 fully saturated rings. The Morgan fingerprint density at radius 3 is 2.50 bits per heavy atom. The number of sulfonamides is 1. The monoisotopic (exact) mass is 183 g/mol. The van der Waals surface area contributed by atoms with Gasteiger partial charge in [-0.1, -0.05) is 4.47 Å². The lowest BCUT2D eigenvalue weighted by Crippen LogP contribution is -2.26. The predicted molar refractivity (Wildman–Crippen MR) is 40.3 cm³/mol. The third kappa shape index (κ3) is 1.85. The van der Waals surface area contributed by atoms with E-state index >= 15 is 0 Å². The fourth-order valence-electron chi connectivity index (χ4n) is 0.678. The lowest BCUT2D eigenvalue weighted by Gasteiger charge is -2.08. The molecular formula is C4H9NO3S2. The van der Waals surface area contributed by atoms with Crippen LogP contribution in [0.15, 0.2) is 0 Å². The summed E-state index contributed by atoms with van der Waals surface area (Å²) in [6.07, 6.45) is 1.11. The molecule has 0 radical (unpaired) electrons. The lowest BCUT2D eigenvalue weighted by atomic mass is 10.5. The van der Waals surface area contributed by atoms with Crippen LogP contribution in [0.2, 0.25) is 0 Å². The minimum absolute atomic E-state index is 0.00900. The largest absolute Gasteiger partial charge is 0.283 e. The van der Waals surface area contributed by atoms with E-state index in [1.807, 2.05) is 0 Å². The molecule has 0 spiro atoms. The zero-order chi connectivity index (χ0) is 7.78. The highest BCUT2D eigenvalue weighted by molar-refractivity contribution is 7.88. The number of nitrogens with zero attached hydrogens (tertiary/aromatic N) is 1. The van der Waals surface area contributed by atoms with Gasteiger partial charge in [-0.15, -0.1) is 0 Å². The van der Waals surface area contributed by atoms with E-state index in [9.17, 15) is 8.42 Å². The summed E-state index contributed by atoms with van der Waals surface area (Å²) < 4.78 is 22.5. The molecule has 0 aromatic carbocycles. The van der Waals surface area contributed by atoms with Crippen LogP contribution in [-0.4, -0.2) is 37.5 Å². The summed E-state index contributed by atoms with van der Waals surface area (Å²) in [5.74, 6) is 0. The first-order valence-electron chi connectivity index (χ1n) is 2.79. The van der Waals surface area contributed by atoms with E-state index < -0.39 is 10.0 Å². The lowest BCUT2D eigenvalue weighted by molar-refractivity contribution is -0.0276. The van der Waals surface area contributed by atoms with Crippen LogP contribution in [0.3, 0.4) is 0 Å². The van der Waals surface area contributed by atoms with Gasteiger partial charge in [0.15, 0.2) is 0 Å². The van der Waals surface area contributed by atoms with Crippen molar-refractivity contribution in [1.29, 1.82) is 0 Å². The summed E-state index contributed by atoms with van der Waals surface area (Å²) in [7, 11) is -3.17. The molecule has 0 aromatic heterocycles. The molecule has 4 nitrogen and oxygen atoms in total. The molecule has 6 heteroatoms. The Balaban J connectivity index is 2.62. The molecule has 0 saturated carbocycles. The summed E-state index contributed by atoms with van der Waals surface area (Å²) in [5.41, 5.74) is 0. The molecule has 1 aliphatic rings. The Kier molecular flexibility index (Phi) is 2.24. The second-order valence-electron chi connectivity index (χ2n) is 2.20. The molecule has 0 bridgehead atoms. The molecular weight excluding hydrogens is 174 g/mol. The highest BCUT2D eigenvalue weighted by Gasteiger charge is 2.27. The zero-order valence-corrected chi connectivity index (χ0v) is 7.23. The van der Waals surface area contributed by atoms with E-state index in [0.717, 1.165) is 10.7 Å². The van der Waals surface area contributed by atoms with Gasteiger partial charge >= 0.3 is 0 Å². The van der Waals surface area contributed by atoms with Crippen molar-refractivity contribution in [3.63, 3.8) is 0 Å². The molecule has 0 amide bonds. The smallest absolute Gasteiger partial charge is 0.233 e. The number of hydrogen-bond acceptors (Lipinski definition) is 4. The topological polar surface area (TPSA) is 46.6 Å². The van der Waals surface area contributed by atoms with Crippen molar-refractivity contribution in [3.05, 3.63) is 0 Å². The third-order valence-electron chi connectivity index (χ3n) is 1.14. The van der Waals surface area contributed by atoms with Crippen molar-refractivity contribution in [2.45, 2.75) is 5.25 Å². The van der Waals surface area contributed by atoms with Gasteiger partial charge in [0.1, 0.15) is 0 Å². The molecule has 0 aromatic rings. The Labute approximate surface area is 65.6 Å². The van der Waals surface area contributed by atoms with Crippen LogP contribution in [-0.2, 0) is 14.9 Å². The Morgan fingerprint density at radius 2 is 2.30 bits per heavy atom. The molecule has 1 atom stereocenters. The average molecular weight is 183 g/mol. The van der Waals surface area contributed by atoms with Gasteiger partial charge in [-0.25, -0.2) is 8.42 Å². The maximum absolute atomic E-state index is 10.7. The van der Waals surface area contributed by atoms with Gasteiger partial charge in [0.25, 0.3) is 0 Å².